The lowest BCUT2D eigenvalue weighted by molar-refractivity contribution is -0.123. The van der Waals surface area contributed by atoms with Crippen molar-refractivity contribution in [2.45, 2.75) is 12.8 Å². The average molecular weight is 362 g/mol. The summed E-state index contributed by atoms with van der Waals surface area (Å²) in [4.78, 5) is 29.7. The van der Waals surface area contributed by atoms with Gasteiger partial charge in [-0.2, -0.15) is 0 Å². The first-order valence-corrected chi connectivity index (χ1v) is 8.92. The van der Waals surface area contributed by atoms with Gasteiger partial charge >= 0.3 is 0 Å². The molecule has 0 aliphatic carbocycles. The minimum atomic E-state index is -0.299. The number of likely N-dealkylation sites (tertiary alicyclic amines) is 1. The normalized spacial score (nSPS) is 15.9. The number of nitrogens with one attached hydrogen (secondary N) is 1. The van der Waals surface area contributed by atoms with Crippen molar-refractivity contribution in [1.29, 1.82) is 0 Å². The monoisotopic (exact) mass is 362 g/mol. The van der Waals surface area contributed by atoms with Gasteiger partial charge in [-0.05, 0) is 50.2 Å². The molecule has 2 aromatic rings. The molecule has 0 unspecified atom stereocenters. The van der Waals surface area contributed by atoms with Gasteiger partial charge in [-0.1, -0.05) is 0 Å². The highest BCUT2D eigenvalue weighted by atomic mass is 32.1. The Labute approximate surface area is 148 Å². The number of primary amides is 1. The number of carbonyl (C=O) groups excluding carboxylic acids is 2. The number of rotatable bonds is 5. The van der Waals surface area contributed by atoms with Crippen LogP contribution in [0.2, 0.25) is 0 Å². The van der Waals surface area contributed by atoms with Gasteiger partial charge in [-0.15, -0.1) is 11.3 Å². The zero-order valence-corrected chi connectivity index (χ0v) is 14.4. The molecule has 1 saturated heterocycles. The number of thiazole rings is 1. The third-order valence-electron chi connectivity index (χ3n) is 4.25. The first kappa shape index (κ1) is 17.5. The van der Waals surface area contributed by atoms with Crippen LogP contribution in [-0.4, -0.2) is 41.3 Å². The number of aromatic nitrogens is 1. The van der Waals surface area contributed by atoms with Crippen molar-refractivity contribution in [3.8, 4) is 11.3 Å². The second kappa shape index (κ2) is 7.71. The molecule has 1 aromatic carbocycles. The number of nitrogens with two attached hydrogens (primary N) is 1. The van der Waals surface area contributed by atoms with Crippen molar-refractivity contribution in [2.24, 2.45) is 11.7 Å². The summed E-state index contributed by atoms with van der Waals surface area (Å²) in [6, 6.07) is 6.06. The molecular formula is C17H19FN4O2S. The predicted octanol–water partition coefficient (Wildman–Crippen LogP) is 2.08. The number of hydrogen-bond acceptors (Lipinski definition) is 5. The summed E-state index contributed by atoms with van der Waals surface area (Å²) in [7, 11) is 0. The first-order chi connectivity index (χ1) is 12.0. The molecule has 1 fully saturated rings. The quantitative estimate of drug-likeness (QED) is 0.852. The lowest BCUT2D eigenvalue weighted by Crippen LogP contribution is -2.42. The summed E-state index contributed by atoms with van der Waals surface area (Å²) < 4.78 is 13.0. The predicted molar refractivity (Wildman–Crippen MR) is 94.5 cm³/mol. The molecule has 132 valence electrons. The van der Waals surface area contributed by atoms with Gasteiger partial charge in [0.25, 0.3) is 0 Å². The number of piperidine rings is 1. The number of carbonyl (C=O) groups is 2. The summed E-state index contributed by atoms with van der Waals surface area (Å²) in [5.41, 5.74) is 6.80. The Morgan fingerprint density at radius 1 is 1.28 bits per heavy atom. The molecule has 1 aliphatic heterocycles. The van der Waals surface area contributed by atoms with Crippen molar-refractivity contribution < 1.29 is 14.0 Å². The zero-order valence-electron chi connectivity index (χ0n) is 13.6. The molecule has 1 aromatic heterocycles. The SMILES string of the molecule is NC(=O)C1CCN(CC(=O)Nc2nc(-c3ccc(F)cc3)cs2)CC1. The maximum atomic E-state index is 13.0. The van der Waals surface area contributed by atoms with Crippen LogP contribution in [0.4, 0.5) is 9.52 Å². The first-order valence-electron chi connectivity index (χ1n) is 8.04. The van der Waals surface area contributed by atoms with E-state index in [1.807, 2.05) is 10.3 Å². The molecule has 1 aliphatic rings. The highest BCUT2D eigenvalue weighted by molar-refractivity contribution is 7.14. The van der Waals surface area contributed by atoms with E-state index in [4.69, 9.17) is 5.73 Å². The number of halogens is 1. The van der Waals surface area contributed by atoms with E-state index in [9.17, 15) is 14.0 Å². The summed E-state index contributed by atoms with van der Waals surface area (Å²) in [5.74, 6) is -0.790. The second-order valence-electron chi connectivity index (χ2n) is 6.05. The molecule has 2 heterocycles. The highest BCUT2D eigenvalue weighted by Crippen LogP contribution is 2.25. The van der Waals surface area contributed by atoms with Gasteiger partial charge < -0.3 is 11.1 Å². The van der Waals surface area contributed by atoms with Crippen molar-refractivity contribution in [3.05, 3.63) is 35.5 Å². The van der Waals surface area contributed by atoms with E-state index in [2.05, 4.69) is 10.3 Å². The van der Waals surface area contributed by atoms with Crippen molar-refractivity contribution in [3.63, 3.8) is 0 Å². The molecular weight excluding hydrogens is 343 g/mol. The van der Waals surface area contributed by atoms with Gasteiger partial charge in [-0.3, -0.25) is 14.5 Å². The maximum Gasteiger partial charge on any atom is 0.240 e. The summed E-state index contributed by atoms with van der Waals surface area (Å²) in [5, 5.41) is 5.12. The van der Waals surface area contributed by atoms with Crippen molar-refractivity contribution >= 4 is 28.3 Å². The van der Waals surface area contributed by atoms with Gasteiger partial charge in [0, 0.05) is 16.9 Å². The Bertz CT molecular complexity index is 754. The standard InChI is InChI=1S/C17H19FN4O2S/c18-13-3-1-11(2-4-13)14-10-25-17(20-14)21-15(23)9-22-7-5-12(6-8-22)16(19)24/h1-4,10,12H,5-9H2,(H2,19,24)(H,20,21,23). The summed E-state index contributed by atoms with van der Waals surface area (Å²) >= 11 is 1.33. The van der Waals surface area contributed by atoms with Gasteiger partial charge in [0.05, 0.1) is 12.2 Å². The third-order valence-corrected chi connectivity index (χ3v) is 5.01. The van der Waals surface area contributed by atoms with E-state index < -0.39 is 0 Å². The van der Waals surface area contributed by atoms with Gasteiger partial charge in [0.1, 0.15) is 5.82 Å². The summed E-state index contributed by atoms with van der Waals surface area (Å²) in [6.07, 6.45) is 1.38. The molecule has 2 amide bonds. The van der Waals surface area contributed by atoms with Gasteiger partial charge in [0.15, 0.2) is 5.13 Å². The number of amides is 2. The van der Waals surface area contributed by atoms with Crippen LogP contribution in [0.5, 0.6) is 0 Å². The molecule has 0 spiro atoms. The fourth-order valence-corrected chi connectivity index (χ4v) is 3.56. The van der Waals surface area contributed by atoms with Crippen LogP contribution in [0.1, 0.15) is 12.8 Å². The molecule has 6 nitrogen and oxygen atoms in total. The summed E-state index contributed by atoms with van der Waals surface area (Å²) in [6.45, 7) is 1.62. The molecule has 8 heteroatoms. The van der Waals surface area contributed by atoms with Crippen molar-refractivity contribution in [2.75, 3.05) is 25.0 Å². The number of anilines is 1. The van der Waals surface area contributed by atoms with Crippen LogP contribution >= 0.6 is 11.3 Å². The molecule has 0 radical (unpaired) electrons. The molecule has 0 atom stereocenters. The van der Waals surface area contributed by atoms with E-state index in [1.54, 1.807) is 12.1 Å². The Morgan fingerprint density at radius 2 is 1.96 bits per heavy atom. The Morgan fingerprint density at radius 3 is 2.60 bits per heavy atom. The number of hydrogen-bond donors (Lipinski definition) is 2. The fourth-order valence-electron chi connectivity index (χ4n) is 2.82. The molecule has 0 bridgehead atoms. The average Bonchev–Trinajstić information content (AvgIpc) is 3.04. The van der Waals surface area contributed by atoms with E-state index in [-0.39, 0.29) is 30.1 Å². The van der Waals surface area contributed by atoms with Crippen LogP contribution in [0.3, 0.4) is 0 Å². The lowest BCUT2D eigenvalue weighted by Gasteiger charge is -2.29. The highest BCUT2D eigenvalue weighted by Gasteiger charge is 2.24. The number of benzene rings is 1. The molecule has 0 saturated carbocycles. The fraction of sp³-hybridized carbons (Fsp3) is 0.353. The van der Waals surface area contributed by atoms with Crippen LogP contribution in [0, 0.1) is 11.7 Å². The zero-order chi connectivity index (χ0) is 17.8. The van der Waals surface area contributed by atoms with E-state index in [0.29, 0.717) is 36.8 Å². The van der Waals surface area contributed by atoms with E-state index in [1.165, 1.54) is 23.5 Å². The van der Waals surface area contributed by atoms with Gasteiger partial charge in [0.2, 0.25) is 11.8 Å². The largest absolute Gasteiger partial charge is 0.369 e. The topological polar surface area (TPSA) is 88.3 Å². The molecule has 3 rings (SSSR count). The Balaban J connectivity index is 1.52. The Kier molecular flexibility index (Phi) is 5.40. The third kappa shape index (κ3) is 4.61. The van der Waals surface area contributed by atoms with Crippen LogP contribution < -0.4 is 11.1 Å². The molecule has 25 heavy (non-hydrogen) atoms. The lowest BCUT2D eigenvalue weighted by atomic mass is 9.96. The minimum Gasteiger partial charge on any atom is -0.369 e. The van der Waals surface area contributed by atoms with Gasteiger partial charge in [-0.25, -0.2) is 9.37 Å². The van der Waals surface area contributed by atoms with E-state index >= 15 is 0 Å². The molecule has 3 N–H and O–H groups in total. The maximum absolute atomic E-state index is 13.0. The minimum absolute atomic E-state index is 0.0865. The number of nitrogens with zero attached hydrogens (tertiary/aromatic N) is 2. The van der Waals surface area contributed by atoms with Crippen LogP contribution in [0.25, 0.3) is 11.3 Å². The van der Waals surface area contributed by atoms with E-state index in [0.717, 1.165) is 5.56 Å². The second-order valence-corrected chi connectivity index (χ2v) is 6.90. The van der Waals surface area contributed by atoms with Crippen LogP contribution in [-0.2, 0) is 9.59 Å². The van der Waals surface area contributed by atoms with Crippen molar-refractivity contribution in [1.82, 2.24) is 9.88 Å². The Hall–Kier alpha value is -2.32. The smallest absolute Gasteiger partial charge is 0.240 e. The van der Waals surface area contributed by atoms with Crippen LogP contribution in [0.15, 0.2) is 29.6 Å².